The van der Waals surface area contributed by atoms with E-state index in [0.717, 1.165) is 19.3 Å². The second-order valence-electron chi connectivity index (χ2n) is 10.9. The zero-order valence-corrected chi connectivity index (χ0v) is 25.8. The highest BCUT2D eigenvalue weighted by Crippen LogP contribution is 2.52. The van der Waals surface area contributed by atoms with Crippen LogP contribution in [0.5, 0.6) is 0 Å². The van der Waals surface area contributed by atoms with Gasteiger partial charge in [-0.15, -0.1) is 0 Å². The second kappa shape index (κ2) is 11.5. The van der Waals surface area contributed by atoms with E-state index in [1.165, 1.54) is 9.13 Å². The van der Waals surface area contributed by atoms with Crippen molar-refractivity contribution >= 4 is 49.6 Å². The molecule has 0 spiro atoms. The zero-order chi connectivity index (χ0) is 33.4. The maximum absolute atomic E-state index is 13.4. The number of imidazole rings is 2. The average molecular weight is 701 g/mol. The SMILES string of the molecule is CP1(=O)OCC[C@H]2O[C@@H](n3cnc4c(=O)[nH]c(N)nc43)[C@@H](O)C2OP(=O)([O-])OC[C@H]2O[C@@H](n3cnc4c(=O)[nH]c(N)nc43)[C@@H](O)C2O1. The highest BCUT2D eigenvalue weighted by atomic mass is 31.2. The van der Waals surface area contributed by atoms with Crippen molar-refractivity contribution in [3.05, 3.63) is 33.4 Å². The Labute approximate surface area is 260 Å². The van der Waals surface area contributed by atoms with Crippen molar-refractivity contribution in [1.29, 1.82) is 0 Å². The van der Waals surface area contributed by atoms with Gasteiger partial charge in [0.05, 0.1) is 32.0 Å². The molecule has 3 saturated heterocycles. The lowest BCUT2D eigenvalue weighted by Crippen LogP contribution is -2.37. The molecule has 25 heteroatoms. The monoisotopic (exact) mass is 701 g/mol. The highest BCUT2D eigenvalue weighted by molar-refractivity contribution is 7.53. The fourth-order valence-electron chi connectivity index (χ4n) is 5.71. The molecule has 0 aromatic carbocycles. The molecule has 0 bridgehead atoms. The summed E-state index contributed by atoms with van der Waals surface area (Å²) in [4.78, 5) is 58.2. The van der Waals surface area contributed by atoms with Crippen molar-refractivity contribution in [3.8, 4) is 0 Å². The van der Waals surface area contributed by atoms with Gasteiger partial charge in [0, 0.05) is 13.1 Å². The van der Waals surface area contributed by atoms with E-state index in [1.807, 2.05) is 0 Å². The number of nitrogens with zero attached hydrogens (tertiary/aromatic N) is 6. The van der Waals surface area contributed by atoms with Gasteiger partial charge in [-0.05, 0) is 0 Å². The number of fused-ring (bicyclic) bond motifs is 4. The fraction of sp³-hybridized carbons (Fsp3) is 0.545. The largest absolute Gasteiger partial charge is 0.756 e. The number of rotatable bonds is 2. The summed E-state index contributed by atoms with van der Waals surface area (Å²) in [5.41, 5.74) is 9.64. The van der Waals surface area contributed by atoms with Gasteiger partial charge < -0.3 is 49.6 Å². The van der Waals surface area contributed by atoms with Crippen LogP contribution in [0.3, 0.4) is 0 Å². The number of aliphatic hydroxyl groups excluding tert-OH is 2. The first kappa shape index (κ1) is 32.0. The summed E-state index contributed by atoms with van der Waals surface area (Å²) in [6.45, 7) is -0.0469. The maximum atomic E-state index is 13.4. The van der Waals surface area contributed by atoms with Crippen molar-refractivity contribution in [1.82, 2.24) is 39.0 Å². The standard InChI is InChI=1S/C22H28N10O13P2/c1-46(37)40-3-2-7-13(11(33)19(42-7)31-5-25-9-15(31)27-21(23)29-17(9)35)45-47(38,39)41-4-8-14(44-46)12(34)20(43-8)32-6-26-10-16(32)28-22(24)30-18(10)36/h5-8,11-14,19-20,33-34H,2-4H2,1H3,(H,38,39)(H3,23,27,29,35)(H3,24,28,30,36)/p-1/t7-,8-,11+,12+,13?,14?,19-,20-,46?/m1/s1. The Kier molecular flexibility index (Phi) is 7.84. The van der Waals surface area contributed by atoms with Gasteiger partial charge in [0.2, 0.25) is 11.9 Å². The van der Waals surface area contributed by atoms with E-state index in [9.17, 15) is 33.8 Å². The number of hydrogen-bond donors (Lipinski definition) is 6. The third-order valence-corrected chi connectivity index (χ3v) is 10.0. The Morgan fingerprint density at radius 3 is 1.94 bits per heavy atom. The number of ether oxygens (including phenoxy) is 2. The second-order valence-corrected chi connectivity index (χ2v) is 14.3. The smallest absolute Gasteiger partial charge is 0.328 e. The Morgan fingerprint density at radius 2 is 1.38 bits per heavy atom. The summed E-state index contributed by atoms with van der Waals surface area (Å²) >= 11 is 0. The van der Waals surface area contributed by atoms with Crippen molar-refractivity contribution in [2.24, 2.45) is 0 Å². The van der Waals surface area contributed by atoms with Crippen LogP contribution in [-0.4, -0.2) is 106 Å². The van der Waals surface area contributed by atoms with E-state index in [1.54, 1.807) is 0 Å². The van der Waals surface area contributed by atoms with E-state index < -0.39 is 82.2 Å². The molecule has 8 N–H and O–H groups in total. The van der Waals surface area contributed by atoms with Gasteiger partial charge in [0.25, 0.3) is 18.9 Å². The van der Waals surface area contributed by atoms with Crippen LogP contribution in [0.4, 0.5) is 11.9 Å². The summed E-state index contributed by atoms with van der Waals surface area (Å²) in [6, 6.07) is 0. The zero-order valence-electron chi connectivity index (χ0n) is 24.0. The van der Waals surface area contributed by atoms with Crippen LogP contribution in [0.2, 0.25) is 0 Å². The molecule has 3 aliphatic heterocycles. The van der Waals surface area contributed by atoms with Gasteiger partial charge in [-0.2, -0.15) is 9.97 Å². The van der Waals surface area contributed by atoms with Gasteiger partial charge in [-0.1, -0.05) is 0 Å². The summed E-state index contributed by atoms with van der Waals surface area (Å²) in [5.74, 6) is -0.487. The normalized spacial score (nSPS) is 36.9. The minimum absolute atomic E-state index is 0.0564. The van der Waals surface area contributed by atoms with E-state index in [4.69, 9.17) is 39.0 Å². The molecule has 7 heterocycles. The Bertz CT molecular complexity index is 2070. The van der Waals surface area contributed by atoms with E-state index in [0.29, 0.717) is 0 Å². The molecule has 0 radical (unpaired) electrons. The Balaban J connectivity index is 1.17. The lowest BCUT2D eigenvalue weighted by Gasteiger charge is -2.30. The van der Waals surface area contributed by atoms with Crippen LogP contribution >= 0.6 is 15.4 Å². The quantitative estimate of drug-likeness (QED) is 0.117. The van der Waals surface area contributed by atoms with Gasteiger partial charge in [-0.25, -0.2) is 9.97 Å². The number of nitrogen functional groups attached to an aromatic ring is 2. The maximum Gasteiger partial charge on any atom is 0.328 e. The van der Waals surface area contributed by atoms with E-state index in [2.05, 4.69) is 29.9 Å². The number of H-pyrrole nitrogens is 2. The molecule has 47 heavy (non-hydrogen) atoms. The van der Waals surface area contributed by atoms with Gasteiger partial charge in [0.15, 0.2) is 34.8 Å². The number of nitrogens with two attached hydrogens (primary N) is 2. The number of aromatic amines is 2. The first-order chi connectivity index (χ1) is 22.2. The lowest BCUT2D eigenvalue weighted by atomic mass is 10.1. The fourth-order valence-corrected chi connectivity index (χ4v) is 7.86. The first-order valence-electron chi connectivity index (χ1n) is 13.9. The van der Waals surface area contributed by atoms with Gasteiger partial charge >= 0.3 is 7.60 Å². The summed E-state index contributed by atoms with van der Waals surface area (Å²) in [5, 5.41) is 22.4. The molecule has 7 rings (SSSR count). The average Bonchev–Trinajstić information content (AvgIpc) is 3.73. The van der Waals surface area contributed by atoms with E-state index >= 15 is 0 Å². The number of phosphoric ester groups is 1. The molecule has 23 nitrogen and oxygen atoms in total. The highest BCUT2D eigenvalue weighted by Gasteiger charge is 2.51. The molecule has 254 valence electrons. The van der Waals surface area contributed by atoms with Gasteiger partial charge in [-0.3, -0.25) is 42.3 Å². The summed E-state index contributed by atoms with van der Waals surface area (Å²) < 4.78 is 62.3. The van der Waals surface area contributed by atoms with Gasteiger partial charge in [0.1, 0.15) is 30.5 Å². The van der Waals surface area contributed by atoms with Crippen LogP contribution < -0.4 is 27.5 Å². The Morgan fingerprint density at radius 1 is 0.872 bits per heavy atom. The van der Waals surface area contributed by atoms with Crippen molar-refractivity contribution in [2.75, 3.05) is 31.3 Å². The molecule has 3 aliphatic rings. The summed E-state index contributed by atoms with van der Waals surface area (Å²) in [6.07, 6.45) is -9.64. The molecule has 4 aromatic heterocycles. The minimum atomic E-state index is -5.29. The van der Waals surface area contributed by atoms with Crippen molar-refractivity contribution in [2.45, 2.75) is 55.5 Å². The van der Waals surface area contributed by atoms with Crippen molar-refractivity contribution in [3.63, 3.8) is 0 Å². The third-order valence-electron chi connectivity index (χ3n) is 7.76. The predicted octanol–water partition coefficient (Wildman–Crippen LogP) is -2.57. The third kappa shape index (κ3) is 5.78. The summed E-state index contributed by atoms with van der Waals surface area (Å²) in [7, 11) is -9.30. The van der Waals surface area contributed by atoms with Crippen molar-refractivity contribution < 1.29 is 51.8 Å². The predicted molar refractivity (Wildman–Crippen MR) is 152 cm³/mol. The number of nitrogens with one attached hydrogen (secondary N) is 2. The number of aliphatic hydroxyl groups is 2. The first-order valence-corrected chi connectivity index (χ1v) is 17.3. The van der Waals surface area contributed by atoms with Crippen LogP contribution in [0.1, 0.15) is 18.9 Å². The van der Waals surface area contributed by atoms with Crippen LogP contribution in [0, 0.1) is 0 Å². The van der Waals surface area contributed by atoms with Crippen LogP contribution in [-0.2, 0) is 36.7 Å². The molecule has 10 atom stereocenters. The van der Waals surface area contributed by atoms with E-state index in [-0.39, 0.29) is 47.3 Å². The molecule has 0 aliphatic carbocycles. The number of aromatic nitrogens is 8. The minimum Gasteiger partial charge on any atom is -0.756 e. The lowest BCUT2D eigenvalue weighted by molar-refractivity contribution is -0.236. The van der Waals surface area contributed by atoms with Crippen LogP contribution in [0.15, 0.2) is 22.2 Å². The topological polar surface area (TPSA) is 332 Å². The molecule has 4 unspecified atom stereocenters. The number of phosphoric acid groups is 1. The molecule has 0 saturated carbocycles. The van der Waals surface area contributed by atoms with Crippen LogP contribution in [0.25, 0.3) is 22.3 Å². The molecule has 3 fully saturated rings. The Hall–Kier alpha value is -3.60. The number of anilines is 2. The molecular weight excluding hydrogens is 674 g/mol. The number of hydrogen-bond acceptors (Lipinski definition) is 19. The molecule has 0 amide bonds. The molecular formula is C22H27N10O13P2-. The molecule has 4 aromatic rings.